The van der Waals surface area contributed by atoms with Crippen LogP contribution in [0.15, 0.2) is 17.1 Å². The maximum Gasteiger partial charge on any atom is 0.407 e. The average Bonchev–Trinajstić information content (AvgIpc) is 2.89. The van der Waals surface area contributed by atoms with Crippen molar-refractivity contribution >= 4 is 11.7 Å². The number of aromatic nitrogens is 3. The van der Waals surface area contributed by atoms with Gasteiger partial charge in [-0.3, -0.25) is 4.79 Å². The second kappa shape index (κ2) is 4.94. The molecule has 8 nitrogen and oxygen atoms in total. The van der Waals surface area contributed by atoms with E-state index in [4.69, 9.17) is 10.4 Å². The zero-order chi connectivity index (χ0) is 15.0. The van der Waals surface area contributed by atoms with Crippen LogP contribution in [0.4, 0.5) is 4.79 Å². The number of fused-ring (bicyclic) bond motifs is 1. The number of nitrogens with zero attached hydrogens (tertiary/aromatic N) is 4. The third kappa shape index (κ3) is 2.23. The molecule has 2 aromatic heterocycles. The number of aromatic amines is 1. The number of piperidine rings is 1. The van der Waals surface area contributed by atoms with Crippen molar-refractivity contribution in [3.05, 3.63) is 33.9 Å². The molecule has 1 amide bonds. The maximum absolute atomic E-state index is 11.8. The Labute approximate surface area is 119 Å². The van der Waals surface area contributed by atoms with Crippen LogP contribution in [0.5, 0.6) is 0 Å². The number of rotatable bonds is 1. The summed E-state index contributed by atoms with van der Waals surface area (Å²) < 4.78 is 1.57. The highest BCUT2D eigenvalue weighted by atomic mass is 16.4. The largest absolute Gasteiger partial charge is 0.465 e. The van der Waals surface area contributed by atoms with Crippen molar-refractivity contribution in [3.63, 3.8) is 0 Å². The molecule has 0 spiro atoms. The minimum atomic E-state index is -0.921. The molecule has 3 heterocycles. The zero-order valence-corrected chi connectivity index (χ0v) is 11.1. The van der Waals surface area contributed by atoms with Crippen molar-refractivity contribution in [2.45, 2.75) is 18.8 Å². The number of hydrogen-bond donors (Lipinski definition) is 2. The summed E-state index contributed by atoms with van der Waals surface area (Å²) in [6, 6.07) is 3.46. The summed E-state index contributed by atoms with van der Waals surface area (Å²) in [7, 11) is 0. The van der Waals surface area contributed by atoms with Crippen LogP contribution in [0.25, 0.3) is 5.65 Å². The highest BCUT2D eigenvalue weighted by Gasteiger charge is 2.26. The van der Waals surface area contributed by atoms with Gasteiger partial charge in [0.2, 0.25) is 0 Å². The number of nitriles is 1. The molecule has 1 aliphatic heterocycles. The Kier molecular flexibility index (Phi) is 3.10. The molecular weight excluding hydrogens is 274 g/mol. The molecule has 0 aliphatic carbocycles. The Morgan fingerprint density at radius 1 is 1.48 bits per heavy atom. The summed E-state index contributed by atoms with van der Waals surface area (Å²) in [5.74, 6) is 0.0526. The summed E-state index contributed by atoms with van der Waals surface area (Å²) in [6.07, 6.45) is 1.76. The molecule has 0 saturated carbocycles. The lowest BCUT2D eigenvalue weighted by molar-refractivity contribution is 0.131. The van der Waals surface area contributed by atoms with Crippen LogP contribution in [0.2, 0.25) is 0 Å². The number of nitrogens with one attached hydrogen (secondary N) is 1. The Balaban J connectivity index is 1.98. The summed E-state index contributed by atoms with van der Waals surface area (Å²) in [5, 5.41) is 22.1. The van der Waals surface area contributed by atoms with Gasteiger partial charge in [0, 0.05) is 25.1 Å². The Morgan fingerprint density at radius 3 is 2.81 bits per heavy atom. The summed E-state index contributed by atoms with van der Waals surface area (Å²) in [4.78, 5) is 26.7. The van der Waals surface area contributed by atoms with E-state index in [1.54, 1.807) is 4.52 Å². The van der Waals surface area contributed by atoms with E-state index < -0.39 is 6.09 Å². The fourth-order valence-electron chi connectivity index (χ4n) is 2.75. The lowest BCUT2D eigenvalue weighted by atomic mass is 9.93. The van der Waals surface area contributed by atoms with Crippen LogP contribution in [0.1, 0.15) is 30.0 Å². The third-order valence-electron chi connectivity index (χ3n) is 3.84. The van der Waals surface area contributed by atoms with Crippen LogP contribution in [0.3, 0.4) is 0 Å². The van der Waals surface area contributed by atoms with Crippen LogP contribution >= 0.6 is 0 Å². The van der Waals surface area contributed by atoms with Crippen LogP contribution in [-0.2, 0) is 0 Å². The molecule has 8 heteroatoms. The molecule has 21 heavy (non-hydrogen) atoms. The van der Waals surface area contributed by atoms with Crippen molar-refractivity contribution in [1.82, 2.24) is 19.5 Å². The first-order valence-electron chi connectivity index (χ1n) is 6.59. The first kappa shape index (κ1) is 13.2. The number of amides is 1. The fraction of sp³-hybridized carbons (Fsp3) is 0.385. The topological polar surface area (TPSA) is 114 Å². The van der Waals surface area contributed by atoms with E-state index in [9.17, 15) is 9.59 Å². The van der Waals surface area contributed by atoms with Gasteiger partial charge in [-0.1, -0.05) is 0 Å². The molecule has 1 aliphatic rings. The van der Waals surface area contributed by atoms with Crippen LogP contribution < -0.4 is 5.56 Å². The smallest absolute Gasteiger partial charge is 0.407 e. The van der Waals surface area contributed by atoms with Crippen LogP contribution in [0, 0.1) is 11.3 Å². The average molecular weight is 287 g/mol. The first-order valence-corrected chi connectivity index (χ1v) is 6.59. The molecule has 3 rings (SSSR count). The molecule has 1 fully saturated rings. The predicted molar refractivity (Wildman–Crippen MR) is 72.1 cm³/mol. The lowest BCUT2D eigenvalue weighted by Crippen LogP contribution is -2.37. The summed E-state index contributed by atoms with van der Waals surface area (Å²) in [6.45, 7) is 0.862. The molecule has 2 N–H and O–H groups in total. The molecule has 0 aromatic carbocycles. The van der Waals surface area contributed by atoms with E-state index in [1.807, 2.05) is 6.07 Å². The SMILES string of the molecule is N#Cc1cnn2c(C3CCN(C(=O)O)CC3)cc(=O)[nH]c12. The molecule has 108 valence electrons. The van der Waals surface area contributed by atoms with Crippen molar-refractivity contribution in [2.75, 3.05) is 13.1 Å². The number of H-pyrrole nitrogens is 1. The predicted octanol–water partition coefficient (Wildman–Crippen LogP) is 0.752. The minimum absolute atomic E-state index is 0.0526. The van der Waals surface area contributed by atoms with Gasteiger partial charge in [-0.2, -0.15) is 10.4 Å². The van der Waals surface area contributed by atoms with Crippen molar-refractivity contribution in [1.29, 1.82) is 5.26 Å². The van der Waals surface area contributed by atoms with Gasteiger partial charge in [-0.05, 0) is 12.8 Å². The summed E-state index contributed by atoms with van der Waals surface area (Å²) in [5.41, 5.74) is 1.15. The monoisotopic (exact) mass is 287 g/mol. The standard InChI is InChI=1S/C13H13N5O3/c14-6-9-7-15-18-10(5-11(19)16-12(9)18)8-1-3-17(4-2-8)13(20)21/h5,7-8H,1-4H2,(H,16,19)(H,20,21). The number of hydrogen-bond acceptors (Lipinski definition) is 4. The van der Waals surface area contributed by atoms with Gasteiger partial charge in [0.25, 0.3) is 5.56 Å². The number of carboxylic acid groups (broad SMARTS) is 1. The Hall–Kier alpha value is -2.82. The van der Waals surface area contributed by atoms with Gasteiger partial charge in [-0.25, -0.2) is 9.31 Å². The number of likely N-dealkylation sites (tertiary alicyclic amines) is 1. The highest BCUT2D eigenvalue weighted by molar-refractivity contribution is 5.65. The molecule has 0 bridgehead atoms. The maximum atomic E-state index is 11.8. The third-order valence-corrected chi connectivity index (χ3v) is 3.84. The number of carbonyl (C=O) groups is 1. The van der Waals surface area contributed by atoms with E-state index in [1.165, 1.54) is 17.2 Å². The zero-order valence-electron chi connectivity index (χ0n) is 11.1. The Morgan fingerprint density at radius 2 is 2.19 bits per heavy atom. The molecule has 0 unspecified atom stereocenters. The molecule has 0 atom stereocenters. The normalized spacial score (nSPS) is 16.0. The van der Waals surface area contributed by atoms with Crippen LogP contribution in [-0.4, -0.2) is 43.8 Å². The van der Waals surface area contributed by atoms with Crippen molar-refractivity contribution < 1.29 is 9.90 Å². The quantitative estimate of drug-likeness (QED) is 0.803. The molecule has 2 aromatic rings. The lowest BCUT2D eigenvalue weighted by Gasteiger charge is -2.30. The molecule has 0 radical (unpaired) electrons. The van der Waals surface area contributed by atoms with E-state index >= 15 is 0 Å². The van der Waals surface area contributed by atoms with Gasteiger partial charge >= 0.3 is 6.09 Å². The van der Waals surface area contributed by atoms with Gasteiger partial charge in [0.15, 0.2) is 5.65 Å². The minimum Gasteiger partial charge on any atom is -0.465 e. The van der Waals surface area contributed by atoms with Crippen molar-refractivity contribution in [3.8, 4) is 6.07 Å². The van der Waals surface area contributed by atoms with E-state index in [-0.39, 0.29) is 11.5 Å². The van der Waals surface area contributed by atoms with Crippen molar-refractivity contribution in [2.24, 2.45) is 0 Å². The van der Waals surface area contributed by atoms with E-state index in [0.717, 1.165) is 5.69 Å². The molecular formula is C13H13N5O3. The van der Waals surface area contributed by atoms with E-state index in [0.29, 0.717) is 37.1 Å². The fourth-order valence-corrected chi connectivity index (χ4v) is 2.75. The second-order valence-electron chi connectivity index (χ2n) is 5.03. The van der Waals surface area contributed by atoms with Gasteiger partial charge in [0.1, 0.15) is 11.6 Å². The highest BCUT2D eigenvalue weighted by Crippen LogP contribution is 2.27. The van der Waals surface area contributed by atoms with Gasteiger partial charge < -0.3 is 15.0 Å². The first-order chi connectivity index (χ1) is 10.1. The van der Waals surface area contributed by atoms with Gasteiger partial charge in [0.05, 0.1) is 11.9 Å². The van der Waals surface area contributed by atoms with Gasteiger partial charge in [-0.15, -0.1) is 0 Å². The van der Waals surface area contributed by atoms with E-state index in [2.05, 4.69) is 10.1 Å². The summed E-state index contributed by atoms with van der Waals surface area (Å²) >= 11 is 0. The molecule has 1 saturated heterocycles. The second-order valence-corrected chi connectivity index (χ2v) is 5.03. The Bertz CT molecular complexity index is 792.